The van der Waals surface area contributed by atoms with Crippen molar-refractivity contribution in [1.29, 1.82) is 0 Å². The van der Waals surface area contributed by atoms with Crippen LogP contribution in [0.4, 0.5) is 0 Å². The topological polar surface area (TPSA) is 21.3 Å². The first-order valence-electron chi connectivity index (χ1n) is 7.10. The smallest absolute Gasteiger partial charge is 0.0876 e. The fraction of sp³-hybridized carbons (Fsp3) is 0.867. The Hall–Kier alpha value is -0.500. The number of hydrogen-bond donors (Lipinski definition) is 1. The van der Waals surface area contributed by atoms with E-state index in [1.165, 1.54) is 44.1 Å². The van der Waals surface area contributed by atoms with E-state index in [9.17, 15) is 0 Å². The standard InChI is InChI=1S/C15H27NO/c1-15(2)8-6-12(7-9-15)14(16-3)13-5-4-10-17-11-13/h11-12,14,16H,4-10H2,1-3H3. The van der Waals surface area contributed by atoms with Crippen molar-refractivity contribution >= 4 is 0 Å². The van der Waals surface area contributed by atoms with Gasteiger partial charge in [0.2, 0.25) is 0 Å². The molecule has 0 bridgehead atoms. The highest BCUT2D eigenvalue weighted by Crippen LogP contribution is 2.40. The van der Waals surface area contributed by atoms with Gasteiger partial charge in [-0.1, -0.05) is 13.8 Å². The lowest BCUT2D eigenvalue weighted by molar-refractivity contribution is 0.163. The van der Waals surface area contributed by atoms with Crippen LogP contribution in [0.1, 0.15) is 52.4 Å². The molecule has 1 aliphatic heterocycles. The molecule has 0 aromatic heterocycles. The van der Waals surface area contributed by atoms with Crippen LogP contribution in [0, 0.1) is 11.3 Å². The van der Waals surface area contributed by atoms with Crippen LogP contribution in [0.3, 0.4) is 0 Å². The van der Waals surface area contributed by atoms with Crippen LogP contribution >= 0.6 is 0 Å². The summed E-state index contributed by atoms with van der Waals surface area (Å²) in [6.07, 6.45) is 9.86. The molecule has 0 radical (unpaired) electrons. The van der Waals surface area contributed by atoms with E-state index in [0.717, 1.165) is 12.5 Å². The maximum Gasteiger partial charge on any atom is 0.0876 e. The molecule has 2 heteroatoms. The Bertz CT molecular complexity index is 273. The Labute approximate surface area is 106 Å². The second kappa shape index (κ2) is 5.43. The molecule has 0 amide bonds. The summed E-state index contributed by atoms with van der Waals surface area (Å²) in [7, 11) is 2.10. The zero-order valence-electron chi connectivity index (χ0n) is 11.6. The summed E-state index contributed by atoms with van der Waals surface area (Å²) >= 11 is 0. The number of likely N-dealkylation sites (N-methyl/N-ethyl adjacent to an activating group) is 1. The Balaban J connectivity index is 1.97. The van der Waals surface area contributed by atoms with Crippen molar-refractivity contribution in [2.75, 3.05) is 13.7 Å². The highest BCUT2D eigenvalue weighted by molar-refractivity contribution is 5.12. The van der Waals surface area contributed by atoms with Gasteiger partial charge in [0, 0.05) is 6.04 Å². The van der Waals surface area contributed by atoms with Crippen molar-refractivity contribution in [2.45, 2.75) is 58.4 Å². The molecule has 1 heterocycles. The van der Waals surface area contributed by atoms with Gasteiger partial charge in [-0.2, -0.15) is 0 Å². The second-order valence-electron chi connectivity index (χ2n) is 6.44. The van der Waals surface area contributed by atoms with Crippen LogP contribution in [-0.2, 0) is 4.74 Å². The van der Waals surface area contributed by atoms with Crippen molar-refractivity contribution in [1.82, 2.24) is 5.32 Å². The lowest BCUT2D eigenvalue weighted by atomic mass is 9.70. The average molecular weight is 237 g/mol. The second-order valence-corrected chi connectivity index (χ2v) is 6.44. The van der Waals surface area contributed by atoms with Gasteiger partial charge in [0.1, 0.15) is 0 Å². The molecular formula is C15H27NO. The quantitative estimate of drug-likeness (QED) is 0.811. The molecule has 0 spiro atoms. The number of nitrogens with one attached hydrogen (secondary N) is 1. The molecule has 0 aromatic carbocycles. The molecule has 1 aliphatic carbocycles. The number of rotatable bonds is 3. The maximum atomic E-state index is 5.49. The molecule has 1 fully saturated rings. The minimum absolute atomic E-state index is 0.548. The highest BCUT2D eigenvalue weighted by atomic mass is 16.5. The number of hydrogen-bond acceptors (Lipinski definition) is 2. The first kappa shape index (κ1) is 12.9. The summed E-state index contributed by atoms with van der Waals surface area (Å²) in [5.41, 5.74) is 2.05. The van der Waals surface area contributed by atoms with Crippen LogP contribution < -0.4 is 5.32 Å². The normalized spacial score (nSPS) is 27.1. The Morgan fingerprint density at radius 3 is 2.59 bits per heavy atom. The molecule has 2 rings (SSSR count). The third kappa shape index (κ3) is 3.25. The lowest BCUT2D eigenvalue weighted by Crippen LogP contribution is -2.39. The van der Waals surface area contributed by atoms with Crippen molar-refractivity contribution in [3.63, 3.8) is 0 Å². The van der Waals surface area contributed by atoms with Gasteiger partial charge in [-0.3, -0.25) is 0 Å². The van der Waals surface area contributed by atoms with Crippen LogP contribution in [-0.4, -0.2) is 19.7 Å². The molecular weight excluding hydrogens is 210 g/mol. The zero-order valence-corrected chi connectivity index (χ0v) is 11.6. The largest absolute Gasteiger partial charge is 0.501 e. The molecule has 0 saturated heterocycles. The van der Waals surface area contributed by atoms with Crippen LogP contribution in [0.5, 0.6) is 0 Å². The van der Waals surface area contributed by atoms with Crippen molar-refractivity contribution in [3.05, 3.63) is 11.8 Å². The molecule has 2 nitrogen and oxygen atoms in total. The van der Waals surface area contributed by atoms with E-state index in [1.54, 1.807) is 0 Å². The molecule has 0 aromatic rings. The van der Waals surface area contributed by atoms with Gasteiger partial charge in [-0.25, -0.2) is 0 Å². The minimum Gasteiger partial charge on any atom is -0.501 e. The predicted octanol–water partition coefficient (Wildman–Crippen LogP) is 3.49. The van der Waals surface area contributed by atoms with Gasteiger partial charge >= 0.3 is 0 Å². The molecule has 2 aliphatic rings. The highest BCUT2D eigenvalue weighted by Gasteiger charge is 2.32. The summed E-state index contributed by atoms with van der Waals surface area (Å²) in [5.74, 6) is 0.806. The van der Waals surface area contributed by atoms with E-state index >= 15 is 0 Å². The molecule has 98 valence electrons. The molecule has 1 unspecified atom stereocenters. The maximum absolute atomic E-state index is 5.49. The molecule has 1 N–H and O–H groups in total. The fourth-order valence-corrected chi connectivity index (χ4v) is 3.29. The first-order valence-corrected chi connectivity index (χ1v) is 7.10. The fourth-order valence-electron chi connectivity index (χ4n) is 3.29. The van der Waals surface area contributed by atoms with Gasteiger partial charge in [-0.15, -0.1) is 0 Å². The Morgan fingerprint density at radius 1 is 1.35 bits per heavy atom. The van der Waals surface area contributed by atoms with Crippen molar-refractivity contribution < 1.29 is 4.74 Å². The number of ether oxygens (including phenoxy) is 1. The van der Waals surface area contributed by atoms with E-state index in [-0.39, 0.29) is 0 Å². The van der Waals surface area contributed by atoms with Gasteiger partial charge in [0.15, 0.2) is 0 Å². The summed E-state index contributed by atoms with van der Waals surface area (Å²) in [6, 6.07) is 0.548. The van der Waals surface area contributed by atoms with Gasteiger partial charge in [0.25, 0.3) is 0 Å². The molecule has 17 heavy (non-hydrogen) atoms. The third-order valence-electron chi connectivity index (χ3n) is 4.53. The summed E-state index contributed by atoms with van der Waals surface area (Å²) in [5, 5.41) is 3.52. The molecule has 1 saturated carbocycles. The van der Waals surface area contributed by atoms with E-state index in [2.05, 4.69) is 26.2 Å². The van der Waals surface area contributed by atoms with Crippen LogP contribution in [0.15, 0.2) is 11.8 Å². The van der Waals surface area contributed by atoms with Gasteiger partial charge in [0.05, 0.1) is 12.9 Å². The summed E-state index contributed by atoms with van der Waals surface area (Å²) in [6.45, 7) is 5.71. The first-order chi connectivity index (χ1) is 8.12. The van der Waals surface area contributed by atoms with Gasteiger partial charge in [-0.05, 0) is 62.5 Å². The van der Waals surface area contributed by atoms with E-state index < -0.39 is 0 Å². The molecule has 1 atom stereocenters. The minimum atomic E-state index is 0.548. The van der Waals surface area contributed by atoms with Gasteiger partial charge < -0.3 is 10.1 Å². The average Bonchev–Trinajstić information content (AvgIpc) is 2.33. The summed E-state index contributed by atoms with van der Waals surface area (Å²) < 4.78 is 5.49. The SMILES string of the molecule is CNC(C1=COCCC1)C1CCC(C)(C)CC1. The Morgan fingerprint density at radius 2 is 2.06 bits per heavy atom. The van der Waals surface area contributed by atoms with E-state index in [1.807, 2.05) is 6.26 Å². The van der Waals surface area contributed by atoms with Crippen LogP contribution in [0.25, 0.3) is 0 Å². The zero-order chi connectivity index (χ0) is 12.3. The monoisotopic (exact) mass is 237 g/mol. The Kier molecular flexibility index (Phi) is 4.13. The van der Waals surface area contributed by atoms with Crippen molar-refractivity contribution in [2.24, 2.45) is 11.3 Å². The summed E-state index contributed by atoms with van der Waals surface area (Å²) in [4.78, 5) is 0. The van der Waals surface area contributed by atoms with Crippen LogP contribution in [0.2, 0.25) is 0 Å². The van der Waals surface area contributed by atoms with E-state index in [0.29, 0.717) is 11.5 Å². The lowest BCUT2D eigenvalue weighted by Gasteiger charge is -2.39. The third-order valence-corrected chi connectivity index (χ3v) is 4.53. The van der Waals surface area contributed by atoms with E-state index in [4.69, 9.17) is 4.74 Å². The predicted molar refractivity (Wildman–Crippen MR) is 71.9 cm³/mol. The van der Waals surface area contributed by atoms with Crippen molar-refractivity contribution in [3.8, 4) is 0 Å².